The summed E-state index contributed by atoms with van der Waals surface area (Å²) in [5, 5.41) is 15.0. The zero-order valence-corrected chi connectivity index (χ0v) is 9.57. The first-order valence-electron chi connectivity index (χ1n) is 4.98. The molecule has 0 saturated carbocycles. The fourth-order valence-electron chi connectivity index (χ4n) is 1.13. The molecule has 0 amide bonds. The Bertz CT molecular complexity index is 417. The SMILES string of the molecule is CCOC(=O)C(C)(C)c1n[nH]c(CC#N)n1. The van der Waals surface area contributed by atoms with Crippen molar-refractivity contribution in [1.29, 1.82) is 5.26 Å². The zero-order valence-electron chi connectivity index (χ0n) is 9.57. The van der Waals surface area contributed by atoms with Crippen molar-refractivity contribution in [2.75, 3.05) is 6.61 Å². The third-order valence-corrected chi connectivity index (χ3v) is 2.12. The van der Waals surface area contributed by atoms with Crippen molar-refractivity contribution in [1.82, 2.24) is 15.2 Å². The molecule has 1 aromatic rings. The molecule has 0 aromatic carbocycles. The molecule has 0 radical (unpaired) electrons. The second-order valence-electron chi connectivity index (χ2n) is 3.79. The Kier molecular flexibility index (Phi) is 3.61. The van der Waals surface area contributed by atoms with Crippen molar-refractivity contribution in [2.45, 2.75) is 32.6 Å². The summed E-state index contributed by atoms with van der Waals surface area (Å²) in [6.45, 7) is 5.43. The normalized spacial score (nSPS) is 10.9. The van der Waals surface area contributed by atoms with Crippen LogP contribution in [0.4, 0.5) is 0 Å². The monoisotopic (exact) mass is 222 g/mol. The molecule has 6 nitrogen and oxygen atoms in total. The van der Waals surface area contributed by atoms with Gasteiger partial charge in [0, 0.05) is 0 Å². The minimum Gasteiger partial charge on any atom is -0.465 e. The number of esters is 1. The summed E-state index contributed by atoms with van der Waals surface area (Å²) < 4.78 is 4.93. The minimum atomic E-state index is -0.903. The smallest absolute Gasteiger partial charge is 0.319 e. The van der Waals surface area contributed by atoms with Gasteiger partial charge in [0.1, 0.15) is 11.2 Å². The van der Waals surface area contributed by atoms with Crippen molar-refractivity contribution < 1.29 is 9.53 Å². The highest BCUT2D eigenvalue weighted by atomic mass is 16.5. The van der Waals surface area contributed by atoms with E-state index in [-0.39, 0.29) is 12.4 Å². The molecule has 0 saturated heterocycles. The number of ether oxygens (including phenoxy) is 1. The van der Waals surface area contributed by atoms with Gasteiger partial charge in [0.25, 0.3) is 0 Å². The van der Waals surface area contributed by atoms with E-state index in [1.165, 1.54) is 0 Å². The quantitative estimate of drug-likeness (QED) is 0.757. The number of hydrogen-bond acceptors (Lipinski definition) is 5. The van der Waals surface area contributed by atoms with E-state index in [4.69, 9.17) is 10.00 Å². The molecule has 0 atom stereocenters. The van der Waals surface area contributed by atoms with Gasteiger partial charge in [0.15, 0.2) is 5.82 Å². The summed E-state index contributed by atoms with van der Waals surface area (Å²) in [7, 11) is 0. The van der Waals surface area contributed by atoms with E-state index in [2.05, 4.69) is 15.2 Å². The number of H-pyrrole nitrogens is 1. The van der Waals surface area contributed by atoms with Crippen LogP contribution in [0.5, 0.6) is 0 Å². The molecule has 0 unspecified atom stereocenters. The second-order valence-corrected chi connectivity index (χ2v) is 3.79. The van der Waals surface area contributed by atoms with Crippen LogP contribution in [0.1, 0.15) is 32.4 Å². The van der Waals surface area contributed by atoms with E-state index < -0.39 is 5.41 Å². The van der Waals surface area contributed by atoms with Gasteiger partial charge in [-0.15, -0.1) is 0 Å². The summed E-state index contributed by atoms with van der Waals surface area (Å²) >= 11 is 0. The van der Waals surface area contributed by atoms with E-state index in [1.54, 1.807) is 20.8 Å². The molecule has 1 rings (SSSR count). The Hall–Kier alpha value is -1.90. The van der Waals surface area contributed by atoms with E-state index >= 15 is 0 Å². The van der Waals surface area contributed by atoms with Crippen molar-refractivity contribution >= 4 is 5.97 Å². The number of nitrogens with zero attached hydrogens (tertiary/aromatic N) is 3. The van der Waals surface area contributed by atoms with Gasteiger partial charge in [-0.25, -0.2) is 4.98 Å². The predicted molar refractivity (Wildman–Crippen MR) is 55.4 cm³/mol. The highest BCUT2D eigenvalue weighted by molar-refractivity contribution is 5.80. The first-order chi connectivity index (χ1) is 7.52. The third kappa shape index (κ3) is 2.37. The van der Waals surface area contributed by atoms with Gasteiger partial charge < -0.3 is 4.74 Å². The molecule has 1 heterocycles. The molecular formula is C10H14N4O2. The number of hydrogen-bond donors (Lipinski definition) is 1. The van der Waals surface area contributed by atoms with Gasteiger partial charge in [0.05, 0.1) is 19.1 Å². The standard InChI is InChI=1S/C10H14N4O2/c1-4-16-9(15)10(2,3)8-12-7(5-6-11)13-14-8/h4-5H2,1-3H3,(H,12,13,14). The number of nitrogens with one attached hydrogen (secondary N) is 1. The lowest BCUT2D eigenvalue weighted by atomic mass is 9.93. The van der Waals surface area contributed by atoms with Crippen LogP contribution in [0.2, 0.25) is 0 Å². The number of aromatic nitrogens is 3. The largest absolute Gasteiger partial charge is 0.465 e. The van der Waals surface area contributed by atoms with Crippen LogP contribution >= 0.6 is 0 Å². The molecule has 86 valence electrons. The van der Waals surface area contributed by atoms with Gasteiger partial charge in [-0.3, -0.25) is 9.89 Å². The van der Waals surface area contributed by atoms with Crippen LogP contribution in [0.3, 0.4) is 0 Å². The minimum absolute atomic E-state index is 0.145. The van der Waals surface area contributed by atoms with Gasteiger partial charge >= 0.3 is 5.97 Å². The molecule has 6 heteroatoms. The first kappa shape index (κ1) is 12.2. The number of carbonyl (C=O) groups is 1. The summed E-state index contributed by atoms with van der Waals surface area (Å²) in [6, 6.07) is 1.95. The second kappa shape index (κ2) is 4.75. The molecule has 0 aliphatic carbocycles. The Morgan fingerprint density at radius 2 is 2.31 bits per heavy atom. The lowest BCUT2D eigenvalue weighted by Gasteiger charge is -2.18. The predicted octanol–water partition coefficient (Wildman–Crippen LogP) is 0.711. The number of aromatic amines is 1. The Labute approximate surface area is 93.6 Å². The molecule has 0 bridgehead atoms. The van der Waals surface area contributed by atoms with Crippen LogP contribution in [-0.2, 0) is 21.4 Å². The molecule has 0 aliphatic rings. The van der Waals surface area contributed by atoms with Crippen molar-refractivity contribution in [3.63, 3.8) is 0 Å². The first-order valence-corrected chi connectivity index (χ1v) is 4.98. The fraction of sp³-hybridized carbons (Fsp3) is 0.600. The lowest BCUT2D eigenvalue weighted by molar-refractivity contribution is -0.149. The summed E-state index contributed by atoms with van der Waals surface area (Å²) in [4.78, 5) is 15.7. The summed E-state index contributed by atoms with van der Waals surface area (Å²) in [6.07, 6.45) is 0.145. The van der Waals surface area contributed by atoms with Crippen LogP contribution in [0.25, 0.3) is 0 Å². The van der Waals surface area contributed by atoms with Crippen molar-refractivity contribution in [3.8, 4) is 6.07 Å². The van der Waals surface area contributed by atoms with Gasteiger partial charge in [0.2, 0.25) is 0 Å². The zero-order chi connectivity index (χ0) is 12.2. The summed E-state index contributed by atoms with van der Waals surface area (Å²) in [5.74, 6) is 0.420. The molecule has 16 heavy (non-hydrogen) atoms. The Morgan fingerprint density at radius 3 is 2.88 bits per heavy atom. The maximum Gasteiger partial charge on any atom is 0.319 e. The molecule has 1 N–H and O–H groups in total. The number of nitriles is 1. The van der Waals surface area contributed by atoms with Gasteiger partial charge in [-0.05, 0) is 20.8 Å². The highest BCUT2D eigenvalue weighted by Gasteiger charge is 2.35. The van der Waals surface area contributed by atoms with E-state index in [9.17, 15) is 4.79 Å². The maximum atomic E-state index is 11.7. The average Bonchev–Trinajstić information content (AvgIpc) is 2.68. The van der Waals surface area contributed by atoms with Crippen molar-refractivity contribution in [2.24, 2.45) is 0 Å². The molecule has 0 spiro atoms. The van der Waals surface area contributed by atoms with E-state index in [0.717, 1.165) is 0 Å². The Balaban J connectivity index is 2.89. The average molecular weight is 222 g/mol. The highest BCUT2D eigenvalue weighted by Crippen LogP contribution is 2.21. The van der Waals surface area contributed by atoms with Crippen LogP contribution in [-0.4, -0.2) is 27.8 Å². The number of carbonyl (C=O) groups excluding carboxylic acids is 1. The van der Waals surface area contributed by atoms with E-state index in [0.29, 0.717) is 18.3 Å². The molecule has 1 aromatic heterocycles. The topological polar surface area (TPSA) is 91.7 Å². The van der Waals surface area contributed by atoms with Gasteiger partial charge in [-0.1, -0.05) is 0 Å². The van der Waals surface area contributed by atoms with E-state index in [1.807, 2.05) is 6.07 Å². The molecular weight excluding hydrogens is 208 g/mol. The van der Waals surface area contributed by atoms with Crippen molar-refractivity contribution in [3.05, 3.63) is 11.6 Å². The third-order valence-electron chi connectivity index (χ3n) is 2.12. The maximum absolute atomic E-state index is 11.7. The summed E-state index contributed by atoms with van der Waals surface area (Å²) in [5.41, 5.74) is -0.903. The Morgan fingerprint density at radius 1 is 1.62 bits per heavy atom. The van der Waals surface area contributed by atoms with Crippen LogP contribution < -0.4 is 0 Å². The molecule has 0 aliphatic heterocycles. The molecule has 0 fully saturated rings. The lowest BCUT2D eigenvalue weighted by Crippen LogP contribution is -2.32. The van der Waals surface area contributed by atoms with Gasteiger partial charge in [-0.2, -0.15) is 10.4 Å². The van der Waals surface area contributed by atoms with Crippen LogP contribution in [0, 0.1) is 11.3 Å². The number of rotatable bonds is 4. The fourth-order valence-corrected chi connectivity index (χ4v) is 1.13. The van der Waals surface area contributed by atoms with Crippen LogP contribution in [0.15, 0.2) is 0 Å².